The van der Waals surface area contributed by atoms with Crippen LogP contribution < -0.4 is 10.2 Å². The number of aryl methyl sites for hydroxylation is 1. The molecule has 3 N–H and O–H groups in total. The fourth-order valence-corrected chi connectivity index (χ4v) is 7.34. The molecule has 0 amide bonds. The predicted molar refractivity (Wildman–Crippen MR) is 143 cm³/mol. The summed E-state index contributed by atoms with van der Waals surface area (Å²) in [5.74, 6) is 2.26. The fourth-order valence-electron chi connectivity index (χ4n) is 6.27. The molecule has 2 saturated carbocycles. The van der Waals surface area contributed by atoms with Gasteiger partial charge >= 0.3 is 0 Å². The number of hydrogen-bond donors (Lipinski definition) is 3. The third-order valence-corrected chi connectivity index (χ3v) is 10.3. The lowest BCUT2D eigenvalue weighted by Crippen LogP contribution is -2.39. The van der Waals surface area contributed by atoms with Gasteiger partial charge in [0.25, 0.3) is 0 Å². The number of sulfone groups is 1. The molecule has 1 aliphatic heterocycles. The summed E-state index contributed by atoms with van der Waals surface area (Å²) in [5.41, 5.74) is 2.98. The fraction of sp³-hybridized carbons (Fsp3) is 0.593. The average molecular weight is 512 g/mol. The molecule has 0 bridgehead atoms. The lowest BCUT2D eigenvalue weighted by molar-refractivity contribution is 0.0965. The zero-order valence-electron chi connectivity index (χ0n) is 21.0. The van der Waals surface area contributed by atoms with Gasteiger partial charge in [0.05, 0.1) is 17.0 Å². The van der Waals surface area contributed by atoms with Gasteiger partial charge in [-0.15, -0.1) is 0 Å². The summed E-state index contributed by atoms with van der Waals surface area (Å²) in [4.78, 5) is 11.4. The van der Waals surface area contributed by atoms with Gasteiger partial charge in [0.15, 0.2) is 0 Å². The Labute approximate surface area is 214 Å². The molecule has 1 aromatic heterocycles. The first-order chi connectivity index (χ1) is 17.3. The van der Waals surface area contributed by atoms with Gasteiger partial charge in [-0.05, 0) is 80.9 Å². The molecule has 2 heterocycles. The van der Waals surface area contributed by atoms with E-state index in [1.54, 1.807) is 6.20 Å². The van der Waals surface area contributed by atoms with Crippen molar-refractivity contribution in [1.29, 1.82) is 5.41 Å². The summed E-state index contributed by atoms with van der Waals surface area (Å²) in [5, 5.41) is 21.0. The Kier molecular flexibility index (Phi) is 7.05. The average Bonchev–Trinajstić information content (AvgIpc) is 3.56. The van der Waals surface area contributed by atoms with Crippen molar-refractivity contribution in [3.63, 3.8) is 0 Å². The van der Waals surface area contributed by atoms with Gasteiger partial charge in [0.2, 0.25) is 0 Å². The van der Waals surface area contributed by atoms with Crippen LogP contribution in [0.15, 0.2) is 30.5 Å². The quantitative estimate of drug-likeness (QED) is 0.456. The van der Waals surface area contributed by atoms with Crippen LogP contribution in [0.25, 0.3) is 0 Å². The van der Waals surface area contributed by atoms with Crippen LogP contribution in [0.1, 0.15) is 62.8 Å². The van der Waals surface area contributed by atoms with Gasteiger partial charge in [0.1, 0.15) is 21.5 Å². The number of rotatable bonds is 8. The molecule has 9 heteroatoms. The van der Waals surface area contributed by atoms with Gasteiger partial charge in [-0.1, -0.05) is 6.07 Å². The van der Waals surface area contributed by atoms with E-state index >= 15 is 0 Å². The number of nitrogens with one attached hydrogen (secondary N) is 2. The molecule has 8 nitrogen and oxygen atoms in total. The number of anilines is 3. The van der Waals surface area contributed by atoms with Crippen molar-refractivity contribution in [2.24, 2.45) is 11.3 Å². The number of aliphatic hydroxyl groups is 1. The molecule has 3 aliphatic rings. The first-order valence-corrected chi connectivity index (χ1v) is 15.1. The minimum Gasteiger partial charge on any atom is -0.393 e. The molecule has 2 aromatic rings. The zero-order chi connectivity index (χ0) is 25.3. The van der Waals surface area contributed by atoms with Crippen molar-refractivity contribution in [2.45, 2.75) is 69.1 Å². The SMILES string of the molecule is CS(=O)(=O)C1CCN(c2cccc(Nc3ccnc(CCC4CC45CCC(O)CC5)n3)c2C=N)CC1. The van der Waals surface area contributed by atoms with Crippen LogP contribution in [0.4, 0.5) is 17.2 Å². The standard InChI is InChI=1S/C27H37N5O3S/c1-36(34,35)21-10-15-32(16-11-21)24-4-2-3-23(22(24)18-28)30-26-9-14-29-25(31-26)6-5-19-17-27(19)12-7-20(33)8-13-27/h2-4,9,14,18-21,28,33H,5-8,10-13,15-17H2,1H3,(H,29,30,31). The van der Waals surface area contributed by atoms with E-state index in [1.165, 1.54) is 18.9 Å². The molecule has 194 valence electrons. The molecular weight excluding hydrogens is 474 g/mol. The van der Waals surface area contributed by atoms with Crippen molar-refractivity contribution in [3.8, 4) is 0 Å². The molecule has 1 saturated heterocycles. The van der Waals surface area contributed by atoms with Crippen LogP contribution in [0.5, 0.6) is 0 Å². The van der Waals surface area contributed by atoms with Gasteiger partial charge in [-0.3, -0.25) is 0 Å². The Balaban J connectivity index is 1.23. The Hall–Kier alpha value is -2.52. The maximum absolute atomic E-state index is 11.9. The second-order valence-corrected chi connectivity index (χ2v) is 13.2. The van der Waals surface area contributed by atoms with Crippen LogP contribution in [0, 0.1) is 16.7 Å². The Morgan fingerprint density at radius 1 is 1.19 bits per heavy atom. The van der Waals surface area contributed by atoms with Crippen molar-refractivity contribution in [1.82, 2.24) is 9.97 Å². The van der Waals surface area contributed by atoms with E-state index in [4.69, 9.17) is 10.4 Å². The van der Waals surface area contributed by atoms with Crippen LogP contribution >= 0.6 is 0 Å². The van der Waals surface area contributed by atoms with Crippen LogP contribution in [0.3, 0.4) is 0 Å². The third kappa shape index (κ3) is 5.42. The highest BCUT2D eigenvalue weighted by Gasteiger charge is 2.53. The molecule has 1 unspecified atom stereocenters. The molecule has 1 spiro atoms. The summed E-state index contributed by atoms with van der Waals surface area (Å²) in [6.45, 7) is 1.31. The lowest BCUT2D eigenvalue weighted by Gasteiger charge is -2.34. The largest absolute Gasteiger partial charge is 0.393 e. The van der Waals surface area contributed by atoms with Gasteiger partial charge in [0, 0.05) is 49.4 Å². The Morgan fingerprint density at radius 2 is 1.94 bits per heavy atom. The summed E-state index contributed by atoms with van der Waals surface area (Å²) in [6, 6.07) is 7.75. The summed E-state index contributed by atoms with van der Waals surface area (Å²) >= 11 is 0. The number of nitrogens with zero attached hydrogens (tertiary/aromatic N) is 3. The molecule has 3 fully saturated rings. The second-order valence-electron chi connectivity index (χ2n) is 10.9. The van der Waals surface area contributed by atoms with Crippen LogP contribution in [-0.4, -0.2) is 60.4 Å². The third-order valence-electron chi connectivity index (χ3n) is 8.61. The van der Waals surface area contributed by atoms with Crippen molar-refractivity contribution in [2.75, 3.05) is 29.6 Å². The molecule has 0 radical (unpaired) electrons. The van der Waals surface area contributed by atoms with Crippen molar-refractivity contribution < 1.29 is 13.5 Å². The monoisotopic (exact) mass is 511 g/mol. The van der Waals surface area contributed by atoms with E-state index < -0.39 is 9.84 Å². The van der Waals surface area contributed by atoms with Crippen molar-refractivity contribution >= 4 is 33.2 Å². The Morgan fingerprint density at radius 3 is 2.64 bits per heavy atom. The van der Waals surface area contributed by atoms with Crippen molar-refractivity contribution in [3.05, 3.63) is 41.9 Å². The van der Waals surface area contributed by atoms with Gasteiger partial charge < -0.3 is 20.7 Å². The van der Waals surface area contributed by atoms with E-state index in [9.17, 15) is 13.5 Å². The maximum atomic E-state index is 11.9. The first-order valence-electron chi connectivity index (χ1n) is 13.1. The minimum atomic E-state index is -3.03. The molecule has 36 heavy (non-hydrogen) atoms. The summed E-state index contributed by atoms with van der Waals surface area (Å²) in [6.07, 6.45) is 12.9. The van der Waals surface area contributed by atoms with E-state index in [1.807, 2.05) is 24.3 Å². The normalized spacial score (nSPS) is 26.7. The van der Waals surface area contributed by atoms with Crippen LogP contribution in [0.2, 0.25) is 0 Å². The lowest BCUT2D eigenvalue weighted by atomic mass is 9.82. The van der Waals surface area contributed by atoms with Gasteiger partial charge in [-0.25, -0.2) is 18.4 Å². The summed E-state index contributed by atoms with van der Waals surface area (Å²) in [7, 11) is -3.03. The van der Waals surface area contributed by atoms with Crippen LogP contribution in [-0.2, 0) is 16.3 Å². The Bertz CT molecular complexity index is 1200. The highest BCUT2D eigenvalue weighted by atomic mass is 32.2. The maximum Gasteiger partial charge on any atom is 0.150 e. The highest BCUT2D eigenvalue weighted by Crippen LogP contribution is 2.62. The molecule has 5 rings (SSSR count). The molecule has 2 aliphatic carbocycles. The number of piperidine rings is 1. The minimum absolute atomic E-state index is 0.105. The van der Waals surface area contributed by atoms with E-state index in [-0.39, 0.29) is 11.4 Å². The first kappa shape index (κ1) is 25.1. The van der Waals surface area contributed by atoms with E-state index in [0.29, 0.717) is 37.2 Å². The number of aromatic nitrogens is 2. The molecule has 1 atom stereocenters. The van der Waals surface area contributed by atoms with Gasteiger partial charge in [-0.2, -0.15) is 0 Å². The zero-order valence-corrected chi connectivity index (χ0v) is 21.8. The number of hydrogen-bond acceptors (Lipinski definition) is 8. The highest BCUT2D eigenvalue weighted by molar-refractivity contribution is 7.91. The number of benzene rings is 1. The van der Waals surface area contributed by atoms with E-state index in [0.717, 1.165) is 67.2 Å². The topological polar surface area (TPSA) is 119 Å². The smallest absolute Gasteiger partial charge is 0.150 e. The van der Waals surface area contributed by atoms with E-state index in [2.05, 4.69) is 15.2 Å². The molecular formula is C27H37N5O3S. The predicted octanol–water partition coefficient (Wildman–Crippen LogP) is 4.11. The molecule has 1 aromatic carbocycles. The second kappa shape index (κ2) is 10.1. The summed E-state index contributed by atoms with van der Waals surface area (Å²) < 4.78 is 23.9. The number of aliphatic hydroxyl groups excluding tert-OH is 1.